The topological polar surface area (TPSA) is 121 Å². The van der Waals surface area contributed by atoms with E-state index >= 15 is 0 Å². The van der Waals surface area contributed by atoms with E-state index in [4.69, 9.17) is 25.5 Å². The monoisotopic (exact) mass is 266 g/mol. The van der Waals surface area contributed by atoms with Crippen molar-refractivity contribution in [2.45, 2.75) is 44.3 Å². The maximum Gasteiger partial charge on any atom is 0.0771 e. The summed E-state index contributed by atoms with van der Waals surface area (Å²) in [5.41, 5.74) is -0.939. The number of hydrogen-bond donors (Lipinski definition) is 6. The first-order valence-corrected chi connectivity index (χ1v) is 6.33. The summed E-state index contributed by atoms with van der Waals surface area (Å²) in [7, 11) is 0. The highest BCUT2D eigenvalue weighted by Gasteiger charge is 2.28. The summed E-state index contributed by atoms with van der Waals surface area (Å²) in [6, 6.07) is 0. The summed E-state index contributed by atoms with van der Waals surface area (Å²) < 4.78 is 0. The van der Waals surface area contributed by atoms with E-state index in [9.17, 15) is 5.11 Å². The van der Waals surface area contributed by atoms with Crippen molar-refractivity contribution >= 4 is 0 Å². The maximum absolute atomic E-state index is 9.70. The molecule has 6 nitrogen and oxygen atoms in total. The number of aliphatic hydroxyl groups excluding tert-OH is 6. The summed E-state index contributed by atoms with van der Waals surface area (Å²) >= 11 is 0. The Morgan fingerprint density at radius 1 is 0.722 bits per heavy atom. The number of aliphatic hydroxyl groups is 6. The summed E-state index contributed by atoms with van der Waals surface area (Å²) in [4.78, 5) is 0. The number of rotatable bonds is 11. The van der Waals surface area contributed by atoms with Crippen LogP contribution in [-0.4, -0.2) is 69.3 Å². The van der Waals surface area contributed by atoms with E-state index in [-0.39, 0.29) is 26.4 Å². The van der Waals surface area contributed by atoms with Crippen molar-refractivity contribution in [1.82, 2.24) is 0 Å². The van der Waals surface area contributed by atoms with Crippen LogP contribution in [0.2, 0.25) is 0 Å². The quantitative estimate of drug-likeness (QED) is 0.274. The second-order valence-electron chi connectivity index (χ2n) is 4.93. The lowest BCUT2D eigenvalue weighted by atomic mass is 9.84. The summed E-state index contributed by atoms with van der Waals surface area (Å²) in [6.07, 6.45) is 0.863. The molecule has 0 aromatic rings. The fraction of sp³-hybridized carbons (Fsp3) is 1.00. The van der Waals surface area contributed by atoms with E-state index in [1.54, 1.807) is 0 Å². The smallest absolute Gasteiger partial charge is 0.0771 e. The van der Waals surface area contributed by atoms with Crippen LogP contribution in [0.1, 0.15) is 32.1 Å². The van der Waals surface area contributed by atoms with E-state index < -0.39 is 17.6 Å². The summed E-state index contributed by atoms with van der Waals surface area (Å²) in [5, 5.41) is 54.7. The standard InChI is InChI=1S/C12H26O6/c13-6-11(18)3-1-2-10(17)4-5-12(7-14,8-15)9-16/h10-11,13-18H,1-9H2. The van der Waals surface area contributed by atoms with Crippen LogP contribution in [-0.2, 0) is 0 Å². The largest absolute Gasteiger partial charge is 0.396 e. The highest BCUT2D eigenvalue weighted by molar-refractivity contribution is 4.78. The molecular formula is C12H26O6. The highest BCUT2D eigenvalue weighted by Crippen LogP contribution is 2.24. The molecule has 6 heteroatoms. The van der Waals surface area contributed by atoms with Gasteiger partial charge in [0.25, 0.3) is 0 Å². The molecule has 0 aliphatic heterocycles. The molecule has 0 fully saturated rings. The predicted octanol–water partition coefficient (Wildman–Crippen LogP) is -1.39. The van der Waals surface area contributed by atoms with Crippen molar-refractivity contribution in [3.63, 3.8) is 0 Å². The van der Waals surface area contributed by atoms with Crippen LogP contribution in [0.15, 0.2) is 0 Å². The van der Waals surface area contributed by atoms with Gasteiger partial charge in [-0.3, -0.25) is 0 Å². The molecule has 0 aliphatic carbocycles. The number of hydrogen-bond acceptors (Lipinski definition) is 6. The van der Waals surface area contributed by atoms with Gasteiger partial charge in [-0.25, -0.2) is 0 Å². The lowest BCUT2D eigenvalue weighted by molar-refractivity contribution is -0.0112. The van der Waals surface area contributed by atoms with Crippen LogP contribution in [0.4, 0.5) is 0 Å². The molecule has 2 atom stereocenters. The summed E-state index contributed by atoms with van der Waals surface area (Å²) in [6.45, 7) is -1.25. The Balaban J connectivity index is 3.84. The van der Waals surface area contributed by atoms with Crippen LogP contribution in [0.25, 0.3) is 0 Å². The highest BCUT2D eigenvalue weighted by atomic mass is 16.3. The Morgan fingerprint density at radius 3 is 1.67 bits per heavy atom. The molecule has 0 saturated carbocycles. The van der Waals surface area contributed by atoms with E-state index in [0.717, 1.165) is 0 Å². The molecule has 0 bridgehead atoms. The van der Waals surface area contributed by atoms with Crippen molar-refractivity contribution in [3.8, 4) is 0 Å². The molecule has 0 aliphatic rings. The first-order chi connectivity index (χ1) is 8.53. The SMILES string of the molecule is OCC(O)CCCC(O)CCC(CO)(CO)CO. The van der Waals surface area contributed by atoms with Gasteiger partial charge in [-0.1, -0.05) is 0 Å². The Morgan fingerprint density at radius 2 is 1.22 bits per heavy atom. The minimum atomic E-state index is -0.939. The third-order valence-electron chi connectivity index (χ3n) is 3.30. The van der Waals surface area contributed by atoms with Crippen molar-refractivity contribution < 1.29 is 30.6 Å². The van der Waals surface area contributed by atoms with Gasteiger partial charge < -0.3 is 30.6 Å². The summed E-state index contributed by atoms with van der Waals surface area (Å²) in [5.74, 6) is 0. The van der Waals surface area contributed by atoms with Crippen LogP contribution in [0.3, 0.4) is 0 Å². The van der Waals surface area contributed by atoms with Crippen molar-refractivity contribution in [1.29, 1.82) is 0 Å². The van der Waals surface area contributed by atoms with Gasteiger partial charge in [0.2, 0.25) is 0 Å². The molecule has 110 valence electrons. The first-order valence-electron chi connectivity index (χ1n) is 6.33. The van der Waals surface area contributed by atoms with E-state index in [1.807, 2.05) is 0 Å². The van der Waals surface area contributed by atoms with Crippen molar-refractivity contribution in [2.75, 3.05) is 26.4 Å². The normalized spacial score (nSPS) is 15.7. The van der Waals surface area contributed by atoms with Gasteiger partial charge in [0.05, 0.1) is 38.6 Å². The second kappa shape index (κ2) is 9.66. The Bertz CT molecular complexity index is 187. The molecule has 0 saturated heterocycles. The zero-order valence-electron chi connectivity index (χ0n) is 10.7. The minimum Gasteiger partial charge on any atom is -0.396 e. The third kappa shape index (κ3) is 6.63. The zero-order chi connectivity index (χ0) is 14.0. The molecule has 0 aromatic carbocycles. The maximum atomic E-state index is 9.70. The molecule has 0 amide bonds. The molecule has 2 unspecified atom stereocenters. The van der Waals surface area contributed by atoms with Gasteiger partial charge in [-0.2, -0.15) is 0 Å². The van der Waals surface area contributed by atoms with Gasteiger partial charge in [-0.15, -0.1) is 0 Å². The Hall–Kier alpha value is -0.240. The molecular weight excluding hydrogens is 240 g/mol. The van der Waals surface area contributed by atoms with E-state index in [2.05, 4.69) is 0 Å². The lowest BCUT2D eigenvalue weighted by Gasteiger charge is -2.28. The predicted molar refractivity (Wildman–Crippen MR) is 65.9 cm³/mol. The Labute approximate surface area is 108 Å². The fourth-order valence-corrected chi connectivity index (χ4v) is 1.68. The minimum absolute atomic E-state index is 0.279. The molecule has 0 spiro atoms. The molecule has 0 radical (unpaired) electrons. The van der Waals surface area contributed by atoms with Crippen molar-refractivity contribution in [3.05, 3.63) is 0 Å². The van der Waals surface area contributed by atoms with Gasteiger partial charge in [0.15, 0.2) is 0 Å². The second-order valence-corrected chi connectivity index (χ2v) is 4.93. The fourth-order valence-electron chi connectivity index (χ4n) is 1.68. The molecule has 0 aromatic heterocycles. The van der Waals surface area contributed by atoms with E-state index in [0.29, 0.717) is 32.1 Å². The first kappa shape index (κ1) is 17.8. The van der Waals surface area contributed by atoms with Crippen LogP contribution < -0.4 is 0 Å². The average molecular weight is 266 g/mol. The van der Waals surface area contributed by atoms with E-state index in [1.165, 1.54) is 0 Å². The molecule has 0 heterocycles. The van der Waals surface area contributed by atoms with Crippen LogP contribution in [0.5, 0.6) is 0 Å². The molecule has 0 rings (SSSR count). The van der Waals surface area contributed by atoms with Gasteiger partial charge in [0, 0.05) is 5.41 Å². The lowest BCUT2D eigenvalue weighted by Crippen LogP contribution is -2.34. The van der Waals surface area contributed by atoms with Gasteiger partial charge >= 0.3 is 0 Å². The third-order valence-corrected chi connectivity index (χ3v) is 3.30. The molecule has 6 N–H and O–H groups in total. The van der Waals surface area contributed by atoms with Crippen LogP contribution >= 0.6 is 0 Å². The van der Waals surface area contributed by atoms with Gasteiger partial charge in [-0.05, 0) is 32.1 Å². The Kier molecular flexibility index (Phi) is 9.53. The molecule has 18 heavy (non-hydrogen) atoms. The average Bonchev–Trinajstić information content (AvgIpc) is 2.40. The van der Waals surface area contributed by atoms with Crippen molar-refractivity contribution in [2.24, 2.45) is 5.41 Å². The zero-order valence-corrected chi connectivity index (χ0v) is 10.7. The van der Waals surface area contributed by atoms with Crippen LogP contribution in [0, 0.1) is 5.41 Å². The van der Waals surface area contributed by atoms with Gasteiger partial charge in [0.1, 0.15) is 0 Å².